The highest BCUT2D eigenvalue weighted by Crippen LogP contribution is 2.54. The van der Waals surface area contributed by atoms with Gasteiger partial charge in [-0.15, -0.1) is 0 Å². The van der Waals surface area contributed by atoms with Gasteiger partial charge in [0.25, 0.3) is 6.71 Å². The van der Waals surface area contributed by atoms with E-state index in [1.54, 1.807) is 0 Å². The van der Waals surface area contributed by atoms with Gasteiger partial charge in [0, 0.05) is 44.6 Å². The average molecular weight is 1040 g/mol. The summed E-state index contributed by atoms with van der Waals surface area (Å²) < 4.78 is 2.52. The van der Waals surface area contributed by atoms with E-state index in [0.29, 0.717) is 5.92 Å². The number of fused-ring (bicyclic) bond motifs is 10. The molecule has 0 unspecified atom stereocenters. The lowest BCUT2D eigenvalue weighted by Gasteiger charge is -2.46. The summed E-state index contributed by atoms with van der Waals surface area (Å²) in [7, 11) is 0. The predicted molar refractivity (Wildman–Crippen MR) is 347 cm³/mol. The summed E-state index contributed by atoms with van der Waals surface area (Å²) in [5, 5.41) is 2.58. The molecule has 1 aliphatic carbocycles. The van der Waals surface area contributed by atoms with Crippen molar-refractivity contribution in [3.63, 3.8) is 0 Å². The van der Waals surface area contributed by atoms with Crippen LogP contribution in [0.3, 0.4) is 0 Å². The van der Waals surface area contributed by atoms with Gasteiger partial charge in [-0.25, -0.2) is 0 Å². The second kappa shape index (κ2) is 17.7. The number of aryl methyl sites for hydroxylation is 4. The highest BCUT2D eigenvalue weighted by Gasteiger charge is 2.46. The molecular weight excluding hydrogens is 966 g/mol. The van der Waals surface area contributed by atoms with Crippen LogP contribution in [0.5, 0.6) is 0 Å². The normalized spacial score (nSPS) is 14.4. The summed E-state index contributed by atoms with van der Waals surface area (Å²) in [5.74, 6) is 0.391. The van der Waals surface area contributed by atoms with E-state index in [1.165, 1.54) is 156 Å². The fourth-order valence-electron chi connectivity index (χ4n) is 14.3. The Balaban J connectivity index is 1.15. The number of aromatic nitrogens is 1. The molecule has 10 aromatic rings. The van der Waals surface area contributed by atoms with Crippen molar-refractivity contribution in [3.05, 3.63) is 213 Å². The molecule has 0 atom stereocenters. The Kier molecular flexibility index (Phi) is 11.5. The van der Waals surface area contributed by atoms with E-state index in [2.05, 4.69) is 290 Å². The molecule has 0 saturated carbocycles. The first-order valence-corrected chi connectivity index (χ1v) is 29.4. The monoisotopic (exact) mass is 1040 g/mol. The van der Waals surface area contributed by atoms with Crippen molar-refractivity contribution >= 4 is 79.0 Å². The molecule has 2 aliphatic heterocycles. The third-order valence-electron chi connectivity index (χ3n) is 18.6. The van der Waals surface area contributed by atoms with Crippen LogP contribution < -0.4 is 26.2 Å². The molecule has 0 spiro atoms. The van der Waals surface area contributed by atoms with Gasteiger partial charge in [-0.3, -0.25) is 0 Å². The summed E-state index contributed by atoms with van der Waals surface area (Å²) in [6.45, 7) is 40.1. The summed E-state index contributed by atoms with van der Waals surface area (Å²) >= 11 is 0. The third-order valence-corrected chi connectivity index (χ3v) is 18.6. The lowest BCUT2D eigenvalue weighted by molar-refractivity contribution is 0.589. The van der Waals surface area contributed by atoms with Gasteiger partial charge in [0.05, 0.1) is 22.4 Å². The molecule has 9 aromatic carbocycles. The van der Waals surface area contributed by atoms with Crippen LogP contribution in [0.1, 0.15) is 152 Å². The Hall–Kier alpha value is -7.56. The smallest absolute Gasteiger partial charge is 0.252 e. The van der Waals surface area contributed by atoms with Gasteiger partial charge in [-0.1, -0.05) is 187 Å². The topological polar surface area (TPSA) is 11.4 Å². The minimum Gasteiger partial charge on any atom is -0.311 e. The summed E-state index contributed by atoms with van der Waals surface area (Å²) in [4.78, 5) is 5.41. The molecule has 0 saturated heterocycles. The quantitative estimate of drug-likeness (QED) is 0.159. The SMILES string of the molecule is Cc1cc(-c2cccc3c2-c2ccccc2C3(C)C)cc(C)c1N1c2cc(C(C)(C)C)ccc2B2c3cc4c5cc(C(C)C)ccc5n(-c5ccccc5)c4cc3N(c3c(C)cc(C(C)(C)C)cc3C)c3cc(C(C)(C)C)cc1c32. The molecule has 3 aliphatic rings. The first-order chi connectivity index (χ1) is 37.8. The van der Waals surface area contributed by atoms with Crippen LogP contribution in [-0.4, -0.2) is 11.3 Å². The van der Waals surface area contributed by atoms with Gasteiger partial charge >= 0.3 is 0 Å². The van der Waals surface area contributed by atoms with Crippen LogP contribution in [0.25, 0.3) is 49.7 Å². The molecule has 0 bridgehead atoms. The van der Waals surface area contributed by atoms with Gasteiger partial charge in [-0.2, -0.15) is 0 Å². The largest absolute Gasteiger partial charge is 0.311 e. The first kappa shape index (κ1) is 51.9. The lowest BCUT2D eigenvalue weighted by atomic mass is 9.33. The van der Waals surface area contributed by atoms with E-state index in [9.17, 15) is 0 Å². The fourth-order valence-corrected chi connectivity index (χ4v) is 14.3. The highest BCUT2D eigenvalue weighted by molar-refractivity contribution is 7.00. The standard InChI is InChI=1S/C76H78BN3/c1-44(2)49-30-33-63-57(38-49)58-42-62-66(43-64(58)78(63)54-24-19-18-20-25-54)80(72-47(5)36-52(37-48(72)6)74(10,11)12)68-41-53(75(13,14)15)40-67-70(68)77(62)61-32-31-51(73(7,8)9)39-65(61)79(67)71-45(3)34-50(35-46(71)4)55-27-23-29-60-69(55)56-26-21-22-28-59(56)76(60,16)17/h18-44H,1-17H3. The van der Waals surface area contributed by atoms with Crippen molar-refractivity contribution in [2.24, 2.45) is 0 Å². The molecule has 4 heteroatoms. The van der Waals surface area contributed by atoms with Crippen molar-refractivity contribution in [1.29, 1.82) is 0 Å². The Morgan fingerprint density at radius 2 is 0.963 bits per heavy atom. The molecule has 13 rings (SSSR count). The minimum atomic E-state index is -0.171. The highest BCUT2D eigenvalue weighted by atomic mass is 15.2. The minimum absolute atomic E-state index is 0.00901. The molecular formula is C76H78BN3. The van der Waals surface area contributed by atoms with Gasteiger partial charge in [-0.05, 0) is 205 Å². The van der Waals surface area contributed by atoms with Gasteiger partial charge in [0.2, 0.25) is 0 Å². The summed E-state index contributed by atoms with van der Waals surface area (Å²) in [6, 6.07) is 62.0. The Morgan fingerprint density at radius 3 is 1.57 bits per heavy atom. The number of hydrogen-bond donors (Lipinski definition) is 0. The van der Waals surface area contributed by atoms with Gasteiger partial charge < -0.3 is 14.4 Å². The zero-order valence-corrected chi connectivity index (χ0v) is 50.5. The van der Waals surface area contributed by atoms with E-state index < -0.39 is 0 Å². The molecule has 80 heavy (non-hydrogen) atoms. The van der Waals surface area contributed by atoms with Crippen molar-refractivity contribution < 1.29 is 0 Å². The van der Waals surface area contributed by atoms with Crippen LogP contribution in [0.2, 0.25) is 0 Å². The zero-order valence-electron chi connectivity index (χ0n) is 50.5. The van der Waals surface area contributed by atoms with Crippen molar-refractivity contribution in [1.82, 2.24) is 4.57 Å². The fraction of sp³-hybridized carbons (Fsp3) is 0.289. The number of nitrogens with zero attached hydrogens (tertiary/aromatic N) is 3. The molecule has 0 amide bonds. The molecule has 0 radical (unpaired) electrons. The predicted octanol–water partition coefficient (Wildman–Crippen LogP) is 19.1. The maximum Gasteiger partial charge on any atom is 0.252 e. The second-order valence-electron chi connectivity index (χ2n) is 27.9. The van der Waals surface area contributed by atoms with Crippen LogP contribution >= 0.6 is 0 Å². The Bertz CT molecular complexity index is 4190. The molecule has 400 valence electrons. The van der Waals surface area contributed by atoms with E-state index in [0.717, 1.165) is 0 Å². The second-order valence-corrected chi connectivity index (χ2v) is 27.9. The molecule has 3 heterocycles. The maximum absolute atomic E-state index is 2.71. The molecule has 1 aromatic heterocycles. The lowest BCUT2D eigenvalue weighted by Crippen LogP contribution is -2.61. The van der Waals surface area contributed by atoms with Crippen LogP contribution in [0, 0.1) is 27.7 Å². The number of anilines is 6. The van der Waals surface area contributed by atoms with Crippen molar-refractivity contribution in [3.8, 4) is 27.9 Å². The molecule has 0 fully saturated rings. The zero-order chi connectivity index (χ0) is 56.4. The number of benzene rings is 9. The van der Waals surface area contributed by atoms with E-state index in [-0.39, 0.29) is 28.4 Å². The van der Waals surface area contributed by atoms with E-state index >= 15 is 0 Å². The van der Waals surface area contributed by atoms with Gasteiger partial charge in [0.1, 0.15) is 0 Å². The van der Waals surface area contributed by atoms with Crippen LogP contribution in [0.4, 0.5) is 34.1 Å². The molecule has 0 N–H and O–H groups in total. The Labute approximate surface area is 477 Å². The van der Waals surface area contributed by atoms with E-state index in [4.69, 9.17) is 0 Å². The van der Waals surface area contributed by atoms with Crippen LogP contribution in [-0.2, 0) is 21.7 Å². The summed E-state index contributed by atoms with van der Waals surface area (Å²) in [6.07, 6.45) is 0. The van der Waals surface area contributed by atoms with Crippen molar-refractivity contribution in [2.75, 3.05) is 9.80 Å². The third kappa shape index (κ3) is 7.74. The van der Waals surface area contributed by atoms with Crippen LogP contribution in [0.15, 0.2) is 158 Å². The van der Waals surface area contributed by atoms with E-state index in [1.807, 2.05) is 0 Å². The maximum atomic E-state index is 2.71. The molecule has 3 nitrogen and oxygen atoms in total. The van der Waals surface area contributed by atoms with Crippen molar-refractivity contribution in [2.45, 2.75) is 145 Å². The van der Waals surface area contributed by atoms with Gasteiger partial charge in [0.15, 0.2) is 0 Å². The summed E-state index contributed by atoms with van der Waals surface area (Å²) in [5.41, 5.74) is 33.4. The number of rotatable bonds is 5. The number of para-hydroxylation sites is 1. The average Bonchev–Trinajstić information content (AvgIpc) is 3.96. The number of hydrogen-bond acceptors (Lipinski definition) is 2. The Morgan fingerprint density at radius 1 is 0.438 bits per heavy atom. The first-order valence-electron chi connectivity index (χ1n) is 29.4.